The molecule has 2 aromatic heterocycles. The molecule has 0 radical (unpaired) electrons. The van der Waals surface area contributed by atoms with Crippen LogP contribution in [0.25, 0.3) is 33.9 Å². The maximum atomic E-state index is 13.4. The van der Waals surface area contributed by atoms with Crippen molar-refractivity contribution in [1.29, 1.82) is 0 Å². The molecule has 0 fully saturated rings. The molecule has 10 heteroatoms. The predicted molar refractivity (Wildman–Crippen MR) is 133 cm³/mol. The summed E-state index contributed by atoms with van der Waals surface area (Å²) in [5, 5.41) is 6.14. The lowest BCUT2D eigenvalue weighted by Crippen LogP contribution is -2.37. The summed E-state index contributed by atoms with van der Waals surface area (Å²) in [6, 6.07) is 12.5. The van der Waals surface area contributed by atoms with Gasteiger partial charge in [0.15, 0.2) is 0 Å². The second-order valence-corrected chi connectivity index (χ2v) is 8.25. The summed E-state index contributed by atoms with van der Waals surface area (Å²) in [7, 11) is 1.84. The molecule has 0 saturated carbocycles. The van der Waals surface area contributed by atoms with Crippen molar-refractivity contribution in [3.8, 4) is 16.8 Å². The summed E-state index contributed by atoms with van der Waals surface area (Å²) in [5.41, 5.74) is 4.52. The number of nitrogens with zero attached hydrogens (tertiary/aromatic N) is 4. The molecule has 0 bridgehead atoms. The molecule has 0 aliphatic heterocycles. The van der Waals surface area contributed by atoms with E-state index in [1.165, 1.54) is 9.13 Å². The zero-order valence-electron chi connectivity index (χ0n) is 19.7. The largest absolute Gasteiger partial charge is 0.405 e. The smallest absolute Gasteiger partial charge is 0.345 e. The van der Waals surface area contributed by atoms with Gasteiger partial charge >= 0.3 is 11.9 Å². The highest BCUT2D eigenvalue weighted by Gasteiger charge is 2.28. The Balaban J connectivity index is 1.75. The van der Waals surface area contributed by atoms with Gasteiger partial charge in [0.25, 0.3) is 0 Å². The summed E-state index contributed by atoms with van der Waals surface area (Å²) in [5.74, 6) is -0.901. The van der Waals surface area contributed by atoms with Gasteiger partial charge in [0.05, 0.1) is 28.6 Å². The van der Waals surface area contributed by atoms with Crippen molar-refractivity contribution in [3.05, 3.63) is 89.1 Å². The lowest BCUT2D eigenvalue weighted by atomic mass is 10.1. The van der Waals surface area contributed by atoms with E-state index in [0.717, 1.165) is 22.4 Å². The first-order valence-electron chi connectivity index (χ1n) is 11.1. The van der Waals surface area contributed by atoms with Gasteiger partial charge in [-0.3, -0.25) is 18.6 Å². The minimum Gasteiger partial charge on any atom is -0.345 e. The van der Waals surface area contributed by atoms with Crippen LogP contribution in [-0.4, -0.2) is 37.5 Å². The summed E-state index contributed by atoms with van der Waals surface area (Å²) in [6.07, 6.45) is 2.60. The van der Waals surface area contributed by atoms with Gasteiger partial charge in [-0.15, -0.1) is 0 Å². The van der Waals surface area contributed by atoms with Gasteiger partial charge in [-0.05, 0) is 42.3 Å². The van der Waals surface area contributed by atoms with Crippen LogP contribution in [-0.2, 0) is 18.4 Å². The van der Waals surface area contributed by atoms with Crippen molar-refractivity contribution < 1.29 is 18.0 Å². The molecular formula is C26H24F3N5O2. The predicted octanol–water partition coefficient (Wildman–Crippen LogP) is 4.38. The fraction of sp³-hybridized carbons (Fsp3) is 0.192. The van der Waals surface area contributed by atoms with Crippen LogP contribution in [0.4, 0.5) is 13.2 Å². The van der Waals surface area contributed by atoms with Crippen LogP contribution in [0.3, 0.4) is 0 Å². The van der Waals surface area contributed by atoms with Crippen molar-refractivity contribution in [2.75, 3.05) is 6.54 Å². The number of imidazole rings is 1. The number of halogens is 3. The van der Waals surface area contributed by atoms with E-state index < -0.39 is 30.9 Å². The van der Waals surface area contributed by atoms with Gasteiger partial charge in [0.2, 0.25) is 5.91 Å². The number of carbonyl (C=O) groups is 1. The number of aromatic nitrogens is 4. The minimum atomic E-state index is -4.54. The number of carbonyl (C=O) groups excluding carboxylic acids is 1. The molecule has 1 amide bonds. The molecule has 0 aliphatic rings. The number of alkyl halides is 3. The van der Waals surface area contributed by atoms with Gasteiger partial charge in [-0.2, -0.15) is 18.3 Å². The van der Waals surface area contributed by atoms with E-state index in [1.54, 1.807) is 41.2 Å². The zero-order chi connectivity index (χ0) is 26.0. The maximum Gasteiger partial charge on any atom is 0.405 e. The molecule has 186 valence electrons. The fourth-order valence-corrected chi connectivity index (χ4v) is 4.08. The number of para-hydroxylation sites is 1. The number of nitrogens with one attached hydrogen (secondary N) is 1. The van der Waals surface area contributed by atoms with Crippen LogP contribution in [0, 0.1) is 6.92 Å². The molecule has 2 aromatic carbocycles. The second kappa shape index (κ2) is 9.73. The summed E-state index contributed by atoms with van der Waals surface area (Å²) in [6.45, 7) is 3.53. The van der Waals surface area contributed by atoms with Crippen LogP contribution >= 0.6 is 0 Å². The third-order valence-electron chi connectivity index (χ3n) is 5.75. The summed E-state index contributed by atoms with van der Waals surface area (Å²) in [4.78, 5) is 25.6. The van der Waals surface area contributed by atoms with E-state index in [9.17, 15) is 22.8 Å². The lowest BCUT2D eigenvalue weighted by molar-refractivity contribution is -0.138. The fourth-order valence-electron chi connectivity index (χ4n) is 4.08. The number of hydrogen-bond acceptors (Lipinski definition) is 3. The molecule has 0 aliphatic carbocycles. The van der Waals surface area contributed by atoms with Crippen molar-refractivity contribution in [2.24, 2.45) is 7.05 Å². The van der Waals surface area contributed by atoms with Gasteiger partial charge in [0.1, 0.15) is 13.1 Å². The van der Waals surface area contributed by atoms with Crippen LogP contribution in [0.15, 0.2) is 72.2 Å². The van der Waals surface area contributed by atoms with Crippen LogP contribution in [0.5, 0.6) is 0 Å². The van der Waals surface area contributed by atoms with Crippen molar-refractivity contribution in [3.63, 3.8) is 0 Å². The van der Waals surface area contributed by atoms with E-state index in [2.05, 4.69) is 11.7 Å². The Labute approximate surface area is 204 Å². The Morgan fingerprint density at radius 2 is 1.89 bits per heavy atom. The average molecular weight is 496 g/mol. The topological polar surface area (TPSA) is 73.8 Å². The molecule has 0 unspecified atom stereocenters. The third kappa shape index (κ3) is 4.88. The standard InChI is InChI=1S/C26H24F3N5O2/c1-4-5-8-21-20(14-31-32(21)3)18-10-12-19(13-11-18)34-24-17(2)7-6-9-22(24)33(25(34)36)15-23(35)30-16-26(27,28)29/h4-14H,1,15-16H2,2-3H3,(H,30,35)/b8-5-. The van der Waals surface area contributed by atoms with E-state index in [0.29, 0.717) is 16.7 Å². The SMILES string of the molecule is C=C/C=C\c1c(-c2ccc(-n3c(=O)n(CC(=O)NCC(F)(F)F)c4cccc(C)c43)cc2)cnn1C. The number of benzene rings is 2. The van der Waals surface area contributed by atoms with Gasteiger partial charge in [-0.1, -0.05) is 43.0 Å². The van der Waals surface area contributed by atoms with E-state index in [4.69, 9.17) is 0 Å². The number of rotatable bonds is 7. The van der Waals surface area contributed by atoms with Gasteiger partial charge < -0.3 is 5.32 Å². The first-order chi connectivity index (χ1) is 17.1. The Morgan fingerprint density at radius 3 is 2.56 bits per heavy atom. The zero-order valence-corrected chi connectivity index (χ0v) is 19.7. The number of fused-ring (bicyclic) bond motifs is 1. The first-order valence-corrected chi connectivity index (χ1v) is 11.1. The molecule has 0 spiro atoms. The molecule has 7 nitrogen and oxygen atoms in total. The average Bonchev–Trinajstić information content (AvgIpc) is 3.34. The molecule has 0 atom stereocenters. The summed E-state index contributed by atoms with van der Waals surface area (Å²) >= 11 is 0. The Morgan fingerprint density at radius 1 is 1.17 bits per heavy atom. The van der Waals surface area contributed by atoms with Crippen LogP contribution in [0.1, 0.15) is 11.3 Å². The van der Waals surface area contributed by atoms with E-state index >= 15 is 0 Å². The minimum absolute atomic E-state index is 0.454. The normalized spacial score (nSPS) is 11.9. The molecular weight excluding hydrogens is 471 g/mol. The third-order valence-corrected chi connectivity index (χ3v) is 5.75. The number of hydrogen-bond donors (Lipinski definition) is 1. The molecule has 1 N–H and O–H groups in total. The maximum absolute atomic E-state index is 13.4. The summed E-state index contributed by atoms with van der Waals surface area (Å²) < 4.78 is 41.9. The molecule has 4 rings (SSSR count). The lowest BCUT2D eigenvalue weighted by Gasteiger charge is -2.08. The van der Waals surface area contributed by atoms with Crippen LogP contribution in [0.2, 0.25) is 0 Å². The van der Waals surface area contributed by atoms with Crippen LogP contribution < -0.4 is 11.0 Å². The Kier molecular flexibility index (Phi) is 6.69. The van der Waals surface area contributed by atoms with Crippen molar-refractivity contribution >= 4 is 23.0 Å². The highest BCUT2D eigenvalue weighted by atomic mass is 19.4. The Bertz CT molecular complexity index is 1520. The molecule has 4 aromatic rings. The highest BCUT2D eigenvalue weighted by Crippen LogP contribution is 2.27. The number of amides is 1. The quantitative estimate of drug-likeness (QED) is 0.387. The highest BCUT2D eigenvalue weighted by molar-refractivity contribution is 5.84. The number of aryl methyl sites for hydroxylation is 2. The molecule has 36 heavy (non-hydrogen) atoms. The van der Waals surface area contributed by atoms with E-state index in [-0.39, 0.29) is 0 Å². The first kappa shape index (κ1) is 24.8. The van der Waals surface area contributed by atoms with Gasteiger partial charge in [0, 0.05) is 12.6 Å². The Hall–Kier alpha value is -4.34. The second-order valence-electron chi connectivity index (χ2n) is 8.25. The van der Waals surface area contributed by atoms with Crippen molar-refractivity contribution in [2.45, 2.75) is 19.6 Å². The van der Waals surface area contributed by atoms with Gasteiger partial charge in [-0.25, -0.2) is 4.79 Å². The molecule has 0 saturated heterocycles. The van der Waals surface area contributed by atoms with Crippen molar-refractivity contribution in [1.82, 2.24) is 24.2 Å². The van der Waals surface area contributed by atoms with E-state index in [1.807, 2.05) is 49.6 Å². The monoisotopic (exact) mass is 495 g/mol. The molecule has 2 heterocycles. The number of allylic oxidation sites excluding steroid dienone is 2.